The molecule has 0 aliphatic carbocycles. The normalized spacial score (nSPS) is 15.6. The number of amides is 2. The van der Waals surface area contributed by atoms with Crippen LogP contribution in [0.5, 0.6) is 0 Å². The van der Waals surface area contributed by atoms with Crippen LogP contribution in [0.25, 0.3) is 0 Å². The lowest BCUT2D eigenvalue weighted by Gasteiger charge is -2.25. The molecular weight excluding hydrogens is 434 g/mol. The third-order valence-corrected chi connectivity index (χ3v) is 7.64. The lowest BCUT2D eigenvalue weighted by atomic mass is 10.1. The Morgan fingerprint density at radius 3 is 2.39 bits per heavy atom. The molecule has 4 rings (SSSR count). The standard InChI is InChI=1S/C22H19N3O4S2/c1-14-21(26)24-19-12-7-15(13-20(19)30-14)22(27)25(17-5-3-2-4-6-17)31(28,29)18-10-8-16(23)9-11-18/h2-14H,23H2,1H3,(H,24,26). The van der Waals surface area contributed by atoms with Gasteiger partial charge in [-0.1, -0.05) is 18.2 Å². The zero-order valence-electron chi connectivity index (χ0n) is 16.5. The van der Waals surface area contributed by atoms with Crippen LogP contribution in [0, 0.1) is 0 Å². The van der Waals surface area contributed by atoms with Crippen molar-refractivity contribution in [3.05, 3.63) is 78.4 Å². The lowest BCUT2D eigenvalue weighted by Crippen LogP contribution is -2.37. The zero-order valence-corrected chi connectivity index (χ0v) is 18.1. The van der Waals surface area contributed by atoms with Crippen molar-refractivity contribution < 1.29 is 18.0 Å². The molecule has 0 aromatic heterocycles. The number of sulfonamides is 1. The van der Waals surface area contributed by atoms with E-state index in [9.17, 15) is 18.0 Å². The van der Waals surface area contributed by atoms with E-state index in [0.29, 0.717) is 16.3 Å². The summed E-state index contributed by atoms with van der Waals surface area (Å²) in [5, 5.41) is 2.47. The number of benzene rings is 3. The summed E-state index contributed by atoms with van der Waals surface area (Å²) < 4.78 is 27.7. The van der Waals surface area contributed by atoms with Crippen LogP contribution in [0.4, 0.5) is 17.1 Å². The highest BCUT2D eigenvalue weighted by molar-refractivity contribution is 8.01. The summed E-state index contributed by atoms with van der Waals surface area (Å²) in [4.78, 5) is 26.0. The van der Waals surface area contributed by atoms with Crippen LogP contribution in [-0.4, -0.2) is 25.5 Å². The number of hydrogen-bond donors (Lipinski definition) is 2. The molecule has 3 aromatic rings. The maximum Gasteiger partial charge on any atom is 0.272 e. The largest absolute Gasteiger partial charge is 0.399 e. The highest BCUT2D eigenvalue weighted by Crippen LogP contribution is 2.37. The summed E-state index contributed by atoms with van der Waals surface area (Å²) in [5.74, 6) is -0.815. The number of rotatable bonds is 4. The van der Waals surface area contributed by atoms with Gasteiger partial charge in [0.1, 0.15) is 0 Å². The van der Waals surface area contributed by atoms with Crippen LogP contribution in [0.3, 0.4) is 0 Å². The second-order valence-electron chi connectivity index (χ2n) is 6.94. The highest BCUT2D eigenvalue weighted by Gasteiger charge is 2.33. The first kappa shape index (κ1) is 21.0. The van der Waals surface area contributed by atoms with Gasteiger partial charge in [-0.3, -0.25) is 9.59 Å². The molecule has 0 spiro atoms. The number of carbonyl (C=O) groups is 2. The molecule has 1 atom stereocenters. The molecule has 7 nitrogen and oxygen atoms in total. The van der Waals surface area contributed by atoms with Crippen molar-refractivity contribution in [2.45, 2.75) is 22.0 Å². The van der Waals surface area contributed by atoms with Gasteiger partial charge in [0.15, 0.2) is 0 Å². The molecule has 0 bridgehead atoms. The van der Waals surface area contributed by atoms with Gasteiger partial charge in [0, 0.05) is 16.1 Å². The van der Waals surface area contributed by atoms with Gasteiger partial charge in [0.2, 0.25) is 5.91 Å². The molecule has 158 valence electrons. The topological polar surface area (TPSA) is 110 Å². The Kier molecular flexibility index (Phi) is 5.47. The summed E-state index contributed by atoms with van der Waals surface area (Å²) in [7, 11) is -4.21. The molecule has 0 saturated carbocycles. The van der Waals surface area contributed by atoms with E-state index in [1.54, 1.807) is 49.4 Å². The Morgan fingerprint density at radius 2 is 1.71 bits per heavy atom. The van der Waals surface area contributed by atoms with Gasteiger partial charge in [0.05, 0.1) is 21.5 Å². The SMILES string of the molecule is CC1Sc2cc(C(=O)N(c3ccccc3)S(=O)(=O)c3ccc(N)cc3)ccc2NC1=O. The predicted molar refractivity (Wildman–Crippen MR) is 122 cm³/mol. The fourth-order valence-corrected chi connectivity index (χ4v) is 5.53. The van der Waals surface area contributed by atoms with E-state index in [0.717, 1.165) is 4.31 Å². The number of carbonyl (C=O) groups excluding carboxylic acids is 2. The van der Waals surface area contributed by atoms with E-state index in [2.05, 4.69) is 5.32 Å². The number of nitrogen functional groups attached to an aromatic ring is 1. The minimum atomic E-state index is -4.21. The molecule has 2 amide bonds. The van der Waals surface area contributed by atoms with Crippen molar-refractivity contribution in [1.29, 1.82) is 0 Å². The average Bonchev–Trinajstić information content (AvgIpc) is 2.75. The number of fused-ring (bicyclic) bond motifs is 1. The summed E-state index contributed by atoms with van der Waals surface area (Å²) in [5.41, 5.74) is 7.11. The Balaban J connectivity index is 1.80. The maximum atomic E-state index is 13.5. The van der Waals surface area contributed by atoms with E-state index >= 15 is 0 Å². The van der Waals surface area contributed by atoms with Crippen LogP contribution in [0.15, 0.2) is 82.6 Å². The van der Waals surface area contributed by atoms with Gasteiger partial charge < -0.3 is 11.1 Å². The van der Waals surface area contributed by atoms with Crippen molar-refractivity contribution in [3.8, 4) is 0 Å². The Hall–Kier alpha value is -3.30. The third kappa shape index (κ3) is 4.01. The Morgan fingerprint density at radius 1 is 1.03 bits per heavy atom. The first-order chi connectivity index (χ1) is 14.8. The van der Waals surface area contributed by atoms with Crippen molar-refractivity contribution in [1.82, 2.24) is 0 Å². The quantitative estimate of drug-likeness (QED) is 0.583. The van der Waals surface area contributed by atoms with Crippen LogP contribution < -0.4 is 15.4 Å². The second-order valence-corrected chi connectivity index (χ2v) is 10.1. The molecule has 1 aliphatic rings. The lowest BCUT2D eigenvalue weighted by molar-refractivity contribution is -0.115. The molecule has 3 aromatic carbocycles. The number of hydrogen-bond acceptors (Lipinski definition) is 6. The van der Waals surface area contributed by atoms with Gasteiger partial charge in [-0.25, -0.2) is 8.42 Å². The summed E-state index contributed by atoms with van der Waals surface area (Å²) in [6.45, 7) is 1.76. The van der Waals surface area contributed by atoms with Crippen molar-refractivity contribution in [2.24, 2.45) is 0 Å². The molecule has 1 heterocycles. The Labute approximate surface area is 184 Å². The van der Waals surface area contributed by atoms with Crippen LogP contribution in [0.1, 0.15) is 17.3 Å². The monoisotopic (exact) mass is 453 g/mol. The molecule has 0 saturated heterocycles. The number of anilines is 3. The van der Waals surface area contributed by atoms with Crippen LogP contribution >= 0.6 is 11.8 Å². The van der Waals surface area contributed by atoms with Gasteiger partial charge in [0.25, 0.3) is 15.9 Å². The van der Waals surface area contributed by atoms with Crippen molar-refractivity contribution in [2.75, 3.05) is 15.4 Å². The molecule has 31 heavy (non-hydrogen) atoms. The smallest absolute Gasteiger partial charge is 0.272 e. The predicted octanol–water partition coefficient (Wildman–Crippen LogP) is 3.74. The molecule has 0 radical (unpaired) electrons. The fraction of sp³-hybridized carbons (Fsp3) is 0.0909. The minimum absolute atomic E-state index is 0.0490. The average molecular weight is 454 g/mol. The number of nitrogens with zero attached hydrogens (tertiary/aromatic N) is 1. The molecule has 1 unspecified atom stereocenters. The van der Waals surface area contributed by atoms with E-state index in [1.165, 1.54) is 42.1 Å². The number of para-hydroxylation sites is 1. The van der Waals surface area contributed by atoms with E-state index < -0.39 is 15.9 Å². The van der Waals surface area contributed by atoms with Crippen molar-refractivity contribution >= 4 is 50.7 Å². The molecule has 3 N–H and O–H groups in total. The van der Waals surface area contributed by atoms with Crippen molar-refractivity contribution in [3.63, 3.8) is 0 Å². The first-order valence-electron chi connectivity index (χ1n) is 9.39. The Bertz CT molecular complexity index is 1260. The fourth-order valence-electron chi connectivity index (χ4n) is 3.13. The third-order valence-electron chi connectivity index (χ3n) is 4.75. The summed E-state index contributed by atoms with van der Waals surface area (Å²) in [6.07, 6.45) is 0. The minimum Gasteiger partial charge on any atom is -0.399 e. The van der Waals surface area contributed by atoms with Crippen LogP contribution in [-0.2, 0) is 14.8 Å². The van der Waals surface area contributed by atoms with Gasteiger partial charge >= 0.3 is 0 Å². The first-order valence-corrected chi connectivity index (χ1v) is 11.7. The van der Waals surface area contributed by atoms with Crippen LogP contribution in [0.2, 0.25) is 0 Å². The zero-order chi connectivity index (χ0) is 22.2. The molecular formula is C22H19N3O4S2. The van der Waals surface area contributed by atoms with E-state index in [4.69, 9.17) is 5.73 Å². The molecule has 0 fully saturated rings. The highest BCUT2D eigenvalue weighted by atomic mass is 32.2. The number of nitrogens with one attached hydrogen (secondary N) is 1. The molecule has 1 aliphatic heterocycles. The van der Waals surface area contributed by atoms with Gasteiger partial charge in [-0.2, -0.15) is 4.31 Å². The number of nitrogens with two attached hydrogens (primary N) is 1. The van der Waals surface area contributed by atoms with Gasteiger partial charge in [-0.05, 0) is 61.5 Å². The van der Waals surface area contributed by atoms with E-state index in [-0.39, 0.29) is 27.3 Å². The summed E-state index contributed by atoms with van der Waals surface area (Å²) >= 11 is 1.32. The van der Waals surface area contributed by atoms with E-state index in [1.807, 2.05) is 0 Å². The second kappa shape index (κ2) is 8.09. The number of thioether (sulfide) groups is 1. The summed E-state index contributed by atoms with van der Waals surface area (Å²) in [6, 6.07) is 18.6. The van der Waals surface area contributed by atoms with Gasteiger partial charge in [-0.15, -0.1) is 11.8 Å². The maximum absolute atomic E-state index is 13.5. The molecule has 9 heteroatoms.